The standard InChI is InChI=1S/C12H20N2OS/c1-3-11-14-10(9-16-11)8-13-12(2)4-6-15-7-5-12/h9,13H,3-8H2,1-2H3. The minimum atomic E-state index is 0.230. The number of hydrogen-bond acceptors (Lipinski definition) is 4. The maximum Gasteiger partial charge on any atom is 0.0926 e. The van der Waals surface area contributed by atoms with Crippen LogP contribution in [0.3, 0.4) is 0 Å². The highest BCUT2D eigenvalue weighted by atomic mass is 32.1. The van der Waals surface area contributed by atoms with Gasteiger partial charge in [0.15, 0.2) is 0 Å². The molecule has 4 heteroatoms. The molecule has 0 aromatic carbocycles. The highest BCUT2D eigenvalue weighted by molar-refractivity contribution is 7.09. The average Bonchev–Trinajstić information content (AvgIpc) is 2.75. The van der Waals surface area contributed by atoms with Crippen molar-refractivity contribution in [3.05, 3.63) is 16.1 Å². The molecule has 1 aliphatic rings. The third kappa shape index (κ3) is 3.03. The van der Waals surface area contributed by atoms with Gasteiger partial charge in [0.2, 0.25) is 0 Å². The van der Waals surface area contributed by atoms with Crippen LogP contribution >= 0.6 is 11.3 Å². The first-order valence-corrected chi connectivity index (χ1v) is 6.86. The van der Waals surface area contributed by atoms with Crippen molar-refractivity contribution in [2.24, 2.45) is 0 Å². The average molecular weight is 240 g/mol. The fourth-order valence-electron chi connectivity index (χ4n) is 1.90. The van der Waals surface area contributed by atoms with Crippen molar-refractivity contribution in [3.63, 3.8) is 0 Å². The molecule has 2 heterocycles. The third-order valence-electron chi connectivity index (χ3n) is 3.19. The minimum Gasteiger partial charge on any atom is -0.381 e. The lowest BCUT2D eigenvalue weighted by Gasteiger charge is -2.34. The lowest BCUT2D eigenvalue weighted by Crippen LogP contribution is -2.46. The van der Waals surface area contributed by atoms with Crippen molar-refractivity contribution in [2.45, 2.75) is 45.2 Å². The van der Waals surface area contributed by atoms with Crippen LogP contribution in [0.1, 0.15) is 37.4 Å². The molecule has 1 saturated heterocycles. The van der Waals surface area contributed by atoms with E-state index in [1.807, 2.05) is 0 Å². The maximum atomic E-state index is 5.38. The zero-order valence-corrected chi connectivity index (χ0v) is 10.9. The van der Waals surface area contributed by atoms with Crippen LogP contribution in [-0.4, -0.2) is 23.7 Å². The van der Waals surface area contributed by atoms with Crippen molar-refractivity contribution in [1.29, 1.82) is 0 Å². The van der Waals surface area contributed by atoms with Gasteiger partial charge in [-0.25, -0.2) is 4.98 Å². The highest BCUT2D eigenvalue weighted by Gasteiger charge is 2.26. The SMILES string of the molecule is CCc1nc(CNC2(C)CCOCC2)cs1. The number of thiazole rings is 1. The first-order valence-electron chi connectivity index (χ1n) is 5.98. The van der Waals surface area contributed by atoms with E-state index in [-0.39, 0.29) is 5.54 Å². The number of nitrogens with one attached hydrogen (secondary N) is 1. The number of aromatic nitrogens is 1. The van der Waals surface area contributed by atoms with Gasteiger partial charge in [0.25, 0.3) is 0 Å². The van der Waals surface area contributed by atoms with E-state index in [1.165, 1.54) is 10.7 Å². The normalized spacial score (nSPS) is 19.9. The van der Waals surface area contributed by atoms with Gasteiger partial charge in [0.1, 0.15) is 0 Å². The van der Waals surface area contributed by atoms with Crippen LogP contribution in [0.15, 0.2) is 5.38 Å². The monoisotopic (exact) mass is 240 g/mol. The number of nitrogens with zero attached hydrogens (tertiary/aromatic N) is 1. The van der Waals surface area contributed by atoms with Gasteiger partial charge in [0.05, 0.1) is 10.7 Å². The lowest BCUT2D eigenvalue weighted by molar-refractivity contribution is 0.0445. The summed E-state index contributed by atoms with van der Waals surface area (Å²) in [4.78, 5) is 4.57. The van der Waals surface area contributed by atoms with E-state index in [1.54, 1.807) is 11.3 Å². The van der Waals surface area contributed by atoms with Gasteiger partial charge in [-0.3, -0.25) is 0 Å². The summed E-state index contributed by atoms with van der Waals surface area (Å²) >= 11 is 1.76. The Hall–Kier alpha value is -0.450. The van der Waals surface area contributed by atoms with Crippen LogP contribution in [0.5, 0.6) is 0 Å². The van der Waals surface area contributed by atoms with E-state index in [4.69, 9.17) is 4.74 Å². The summed E-state index contributed by atoms with van der Waals surface area (Å²) in [6, 6.07) is 0. The Morgan fingerprint density at radius 3 is 2.88 bits per heavy atom. The summed E-state index contributed by atoms with van der Waals surface area (Å²) in [5.41, 5.74) is 1.41. The summed E-state index contributed by atoms with van der Waals surface area (Å²) in [7, 11) is 0. The second-order valence-electron chi connectivity index (χ2n) is 4.61. The van der Waals surface area contributed by atoms with Gasteiger partial charge < -0.3 is 10.1 Å². The molecule has 0 amide bonds. The summed E-state index contributed by atoms with van der Waals surface area (Å²) in [6.45, 7) is 7.06. The van der Waals surface area contributed by atoms with Gasteiger partial charge in [0, 0.05) is 30.7 Å². The molecule has 2 rings (SSSR count). The Bertz CT molecular complexity index is 332. The Balaban J connectivity index is 1.86. The topological polar surface area (TPSA) is 34.2 Å². The number of hydrogen-bond donors (Lipinski definition) is 1. The van der Waals surface area contributed by atoms with E-state index in [0.29, 0.717) is 0 Å². The molecule has 0 unspecified atom stereocenters. The van der Waals surface area contributed by atoms with Gasteiger partial charge in [-0.15, -0.1) is 11.3 Å². The van der Waals surface area contributed by atoms with Crippen molar-refractivity contribution in [3.8, 4) is 0 Å². The molecule has 1 fully saturated rings. The fraction of sp³-hybridized carbons (Fsp3) is 0.750. The molecule has 0 spiro atoms. The molecule has 1 aliphatic heterocycles. The Kier molecular flexibility index (Phi) is 3.95. The third-order valence-corrected chi connectivity index (χ3v) is 4.24. The maximum absolute atomic E-state index is 5.38. The molecule has 0 saturated carbocycles. The largest absolute Gasteiger partial charge is 0.381 e. The highest BCUT2D eigenvalue weighted by Crippen LogP contribution is 2.20. The van der Waals surface area contributed by atoms with Crippen molar-refractivity contribution in [2.75, 3.05) is 13.2 Å². The van der Waals surface area contributed by atoms with E-state index >= 15 is 0 Å². The first-order chi connectivity index (χ1) is 7.72. The van der Waals surface area contributed by atoms with Gasteiger partial charge >= 0.3 is 0 Å². The van der Waals surface area contributed by atoms with Crippen LogP contribution < -0.4 is 5.32 Å². The molecule has 0 atom stereocenters. The molecule has 0 bridgehead atoms. The lowest BCUT2D eigenvalue weighted by atomic mass is 9.92. The first kappa shape index (κ1) is 12.0. The summed E-state index contributed by atoms with van der Waals surface area (Å²) in [6.07, 6.45) is 3.23. The van der Waals surface area contributed by atoms with Crippen LogP contribution in [0, 0.1) is 0 Å². The molecule has 0 radical (unpaired) electrons. The number of aryl methyl sites for hydroxylation is 1. The zero-order valence-electron chi connectivity index (χ0n) is 10.1. The van der Waals surface area contributed by atoms with Gasteiger partial charge in [-0.2, -0.15) is 0 Å². The summed E-state index contributed by atoms with van der Waals surface area (Å²) in [5, 5.41) is 7.01. The van der Waals surface area contributed by atoms with Crippen molar-refractivity contribution >= 4 is 11.3 Å². The molecular formula is C12H20N2OS. The second-order valence-corrected chi connectivity index (χ2v) is 5.56. The zero-order chi connectivity index (χ0) is 11.4. The Morgan fingerprint density at radius 1 is 1.50 bits per heavy atom. The van der Waals surface area contributed by atoms with Crippen molar-refractivity contribution in [1.82, 2.24) is 10.3 Å². The Labute approximate surface area is 101 Å². The predicted molar refractivity (Wildman–Crippen MR) is 66.8 cm³/mol. The van der Waals surface area contributed by atoms with E-state index in [2.05, 4.69) is 29.5 Å². The molecule has 3 nitrogen and oxygen atoms in total. The number of ether oxygens (including phenoxy) is 1. The summed E-state index contributed by atoms with van der Waals surface area (Å²) < 4.78 is 5.38. The van der Waals surface area contributed by atoms with Crippen LogP contribution in [0.25, 0.3) is 0 Å². The number of rotatable bonds is 4. The molecule has 1 aromatic heterocycles. The molecule has 1 aromatic rings. The summed E-state index contributed by atoms with van der Waals surface area (Å²) in [5.74, 6) is 0. The Morgan fingerprint density at radius 2 is 2.25 bits per heavy atom. The predicted octanol–water partition coefficient (Wildman–Crippen LogP) is 2.36. The smallest absolute Gasteiger partial charge is 0.0926 e. The van der Waals surface area contributed by atoms with E-state index in [9.17, 15) is 0 Å². The van der Waals surface area contributed by atoms with E-state index < -0.39 is 0 Å². The molecule has 1 N–H and O–H groups in total. The molecule has 16 heavy (non-hydrogen) atoms. The minimum absolute atomic E-state index is 0.230. The van der Waals surface area contributed by atoms with Gasteiger partial charge in [-0.05, 0) is 26.2 Å². The quantitative estimate of drug-likeness (QED) is 0.877. The van der Waals surface area contributed by atoms with E-state index in [0.717, 1.165) is 39.0 Å². The van der Waals surface area contributed by atoms with Crippen molar-refractivity contribution < 1.29 is 4.74 Å². The van der Waals surface area contributed by atoms with Crippen LogP contribution in [-0.2, 0) is 17.7 Å². The van der Waals surface area contributed by atoms with Gasteiger partial charge in [-0.1, -0.05) is 6.92 Å². The molecule has 90 valence electrons. The fourth-order valence-corrected chi connectivity index (χ4v) is 2.64. The van der Waals surface area contributed by atoms with Crippen LogP contribution in [0.2, 0.25) is 0 Å². The van der Waals surface area contributed by atoms with Crippen LogP contribution in [0.4, 0.5) is 0 Å². The molecule has 0 aliphatic carbocycles. The molecular weight excluding hydrogens is 220 g/mol. The second kappa shape index (κ2) is 5.25.